The van der Waals surface area contributed by atoms with E-state index >= 15 is 0 Å². The van der Waals surface area contributed by atoms with Crippen LogP contribution in [0.15, 0.2) is 23.5 Å². The Morgan fingerprint density at radius 1 is 1.50 bits per heavy atom. The summed E-state index contributed by atoms with van der Waals surface area (Å²) < 4.78 is 0. The zero-order chi connectivity index (χ0) is 8.97. The molecule has 0 aromatic carbocycles. The molecule has 1 heterocycles. The van der Waals surface area contributed by atoms with Crippen molar-refractivity contribution in [3.05, 3.63) is 24.0 Å². The van der Waals surface area contributed by atoms with Gasteiger partial charge >= 0.3 is 0 Å². The van der Waals surface area contributed by atoms with E-state index in [1.165, 1.54) is 0 Å². The van der Waals surface area contributed by atoms with Crippen LogP contribution in [0.5, 0.6) is 0 Å². The molecule has 0 fully saturated rings. The third-order valence-electron chi connectivity index (χ3n) is 1.44. The molecule has 1 aromatic heterocycles. The third kappa shape index (κ3) is 2.34. The Morgan fingerprint density at radius 2 is 2.25 bits per heavy atom. The topological polar surface area (TPSA) is 28.5 Å². The predicted octanol–water partition coefficient (Wildman–Crippen LogP) is 1.61. The smallest absolute Gasteiger partial charge is 0.0907 e. The number of pyridine rings is 1. The molecule has 0 radical (unpaired) electrons. The summed E-state index contributed by atoms with van der Waals surface area (Å²) in [5.41, 5.74) is 2.06. The number of aliphatic imine (C=N–C) groups is 1. The fourth-order valence-corrected chi connectivity index (χ4v) is 0.768. The number of rotatable bonds is 2. The first kappa shape index (κ1) is 8.71. The molecule has 1 aromatic rings. The van der Waals surface area contributed by atoms with Crippen molar-refractivity contribution in [2.45, 2.75) is 6.92 Å². The van der Waals surface area contributed by atoms with Crippen LogP contribution in [-0.4, -0.2) is 30.3 Å². The Labute approximate surface area is 72.8 Å². The van der Waals surface area contributed by atoms with Gasteiger partial charge in [0.25, 0.3) is 0 Å². The van der Waals surface area contributed by atoms with Crippen LogP contribution in [-0.2, 0) is 0 Å². The summed E-state index contributed by atoms with van der Waals surface area (Å²) in [5, 5.41) is 0. The first-order chi connectivity index (χ1) is 5.70. The molecule has 12 heavy (non-hydrogen) atoms. The minimum absolute atomic E-state index is 0.922. The largest absolute Gasteiger partial charge is 0.369 e. The maximum Gasteiger partial charge on any atom is 0.0907 e. The van der Waals surface area contributed by atoms with Crippen LogP contribution in [0.3, 0.4) is 0 Å². The maximum absolute atomic E-state index is 4.24. The first-order valence-electron chi connectivity index (χ1n) is 3.81. The van der Waals surface area contributed by atoms with Crippen molar-refractivity contribution in [2.75, 3.05) is 14.1 Å². The second-order valence-corrected chi connectivity index (χ2v) is 2.87. The first-order valence-corrected chi connectivity index (χ1v) is 3.81. The van der Waals surface area contributed by atoms with E-state index in [0.717, 1.165) is 11.3 Å². The zero-order valence-corrected chi connectivity index (χ0v) is 7.65. The van der Waals surface area contributed by atoms with E-state index < -0.39 is 0 Å². The Morgan fingerprint density at radius 3 is 2.83 bits per heavy atom. The number of aromatic nitrogens is 1. The molecular formula is C9H13N3. The number of aryl methyl sites for hydroxylation is 1. The fraction of sp³-hybridized carbons (Fsp3) is 0.333. The highest BCUT2D eigenvalue weighted by Gasteiger charge is 1.92. The number of hydrogen-bond donors (Lipinski definition) is 0. The minimum Gasteiger partial charge on any atom is -0.369 e. The van der Waals surface area contributed by atoms with E-state index in [1.54, 1.807) is 18.7 Å². The summed E-state index contributed by atoms with van der Waals surface area (Å²) in [6.07, 6.45) is 5.30. The van der Waals surface area contributed by atoms with Crippen molar-refractivity contribution < 1.29 is 0 Å². The minimum atomic E-state index is 0.922. The van der Waals surface area contributed by atoms with Crippen LogP contribution < -0.4 is 0 Å². The summed E-state index contributed by atoms with van der Waals surface area (Å²) in [4.78, 5) is 10.1. The highest BCUT2D eigenvalue weighted by atomic mass is 15.1. The van der Waals surface area contributed by atoms with E-state index in [2.05, 4.69) is 9.98 Å². The molecule has 0 saturated heterocycles. The second kappa shape index (κ2) is 3.85. The molecule has 0 aliphatic carbocycles. The lowest BCUT2D eigenvalue weighted by atomic mass is 10.3. The van der Waals surface area contributed by atoms with Gasteiger partial charge in [0.05, 0.1) is 18.2 Å². The molecule has 1 rings (SSSR count). The Balaban J connectivity index is 2.82. The quantitative estimate of drug-likeness (QED) is 0.489. The molecule has 0 unspecified atom stereocenters. The summed E-state index contributed by atoms with van der Waals surface area (Å²) in [6.45, 7) is 2.02. The van der Waals surface area contributed by atoms with Crippen LogP contribution in [0.2, 0.25) is 0 Å². The lowest BCUT2D eigenvalue weighted by Gasteiger charge is -2.03. The standard InChI is InChI=1S/C9H13N3/c1-8-4-5-10-6-9(8)11-7-12(2)3/h4-7H,1-3H3. The van der Waals surface area contributed by atoms with E-state index in [4.69, 9.17) is 0 Å². The van der Waals surface area contributed by atoms with Crippen LogP contribution in [0.25, 0.3) is 0 Å². The fourth-order valence-electron chi connectivity index (χ4n) is 0.768. The Bertz CT molecular complexity index is 279. The van der Waals surface area contributed by atoms with Crippen molar-refractivity contribution >= 4 is 12.0 Å². The van der Waals surface area contributed by atoms with Crippen LogP contribution in [0.4, 0.5) is 5.69 Å². The van der Waals surface area contributed by atoms with Crippen LogP contribution in [0, 0.1) is 6.92 Å². The van der Waals surface area contributed by atoms with Crippen molar-refractivity contribution in [2.24, 2.45) is 4.99 Å². The van der Waals surface area contributed by atoms with Gasteiger partial charge in [-0.2, -0.15) is 0 Å². The zero-order valence-electron chi connectivity index (χ0n) is 7.65. The predicted molar refractivity (Wildman–Crippen MR) is 50.8 cm³/mol. The molecule has 0 aliphatic rings. The molecule has 0 aliphatic heterocycles. The second-order valence-electron chi connectivity index (χ2n) is 2.87. The summed E-state index contributed by atoms with van der Waals surface area (Å²) in [7, 11) is 3.88. The van der Waals surface area contributed by atoms with Gasteiger partial charge in [-0.15, -0.1) is 0 Å². The van der Waals surface area contributed by atoms with E-state index in [0.29, 0.717) is 0 Å². The van der Waals surface area contributed by atoms with Crippen molar-refractivity contribution in [3.63, 3.8) is 0 Å². The lowest BCUT2D eigenvalue weighted by Crippen LogP contribution is -2.07. The monoisotopic (exact) mass is 163 g/mol. The lowest BCUT2D eigenvalue weighted by molar-refractivity contribution is 0.643. The molecule has 3 heteroatoms. The van der Waals surface area contributed by atoms with Gasteiger partial charge in [-0.25, -0.2) is 4.99 Å². The summed E-state index contributed by atoms with van der Waals surface area (Å²) in [5.74, 6) is 0. The van der Waals surface area contributed by atoms with E-state index in [1.807, 2.05) is 32.0 Å². The highest BCUT2D eigenvalue weighted by molar-refractivity contribution is 5.61. The highest BCUT2D eigenvalue weighted by Crippen LogP contribution is 2.14. The van der Waals surface area contributed by atoms with Gasteiger partial charge in [-0.3, -0.25) is 4.98 Å². The van der Waals surface area contributed by atoms with Gasteiger partial charge in [-0.05, 0) is 18.6 Å². The molecular weight excluding hydrogens is 150 g/mol. The van der Waals surface area contributed by atoms with E-state index in [-0.39, 0.29) is 0 Å². The average Bonchev–Trinajstić information content (AvgIpc) is 2.03. The molecule has 0 spiro atoms. The SMILES string of the molecule is Cc1ccncc1N=CN(C)C. The van der Waals surface area contributed by atoms with E-state index in [9.17, 15) is 0 Å². The Kier molecular flexibility index (Phi) is 2.80. The molecule has 0 atom stereocenters. The number of hydrogen-bond acceptors (Lipinski definition) is 2. The van der Waals surface area contributed by atoms with Crippen molar-refractivity contribution in [3.8, 4) is 0 Å². The molecule has 3 nitrogen and oxygen atoms in total. The molecule has 0 amide bonds. The molecule has 0 saturated carbocycles. The van der Waals surface area contributed by atoms with Gasteiger partial charge in [0.2, 0.25) is 0 Å². The average molecular weight is 163 g/mol. The van der Waals surface area contributed by atoms with Gasteiger partial charge in [-0.1, -0.05) is 0 Å². The van der Waals surface area contributed by atoms with Crippen LogP contribution in [0.1, 0.15) is 5.56 Å². The summed E-state index contributed by atoms with van der Waals surface area (Å²) >= 11 is 0. The van der Waals surface area contributed by atoms with Gasteiger partial charge in [0.15, 0.2) is 0 Å². The number of nitrogens with zero attached hydrogens (tertiary/aromatic N) is 3. The van der Waals surface area contributed by atoms with Gasteiger partial charge in [0.1, 0.15) is 0 Å². The Hall–Kier alpha value is -1.38. The van der Waals surface area contributed by atoms with Crippen molar-refractivity contribution in [1.82, 2.24) is 9.88 Å². The maximum atomic E-state index is 4.24. The normalized spacial score (nSPS) is 10.6. The van der Waals surface area contributed by atoms with Crippen molar-refractivity contribution in [1.29, 1.82) is 0 Å². The third-order valence-corrected chi connectivity index (χ3v) is 1.44. The summed E-state index contributed by atoms with van der Waals surface area (Å²) in [6, 6.07) is 1.95. The van der Waals surface area contributed by atoms with Gasteiger partial charge in [0, 0.05) is 20.3 Å². The van der Waals surface area contributed by atoms with Crippen LogP contribution >= 0.6 is 0 Å². The molecule has 0 bridgehead atoms. The molecule has 64 valence electrons. The molecule has 0 N–H and O–H groups in total. The van der Waals surface area contributed by atoms with Gasteiger partial charge < -0.3 is 4.90 Å².